The van der Waals surface area contributed by atoms with Gasteiger partial charge in [0.1, 0.15) is 5.82 Å². The van der Waals surface area contributed by atoms with Crippen LogP contribution in [0.4, 0.5) is 10.1 Å². The highest BCUT2D eigenvalue weighted by Gasteiger charge is 2.28. The molecule has 170 valence electrons. The maximum atomic E-state index is 14.4. The fourth-order valence-electron chi connectivity index (χ4n) is 3.91. The Morgan fingerprint density at radius 1 is 1.19 bits per heavy atom. The number of sulfonamides is 1. The van der Waals surface area contributed by atoms with Gasteiger partial charge in [0, 0.05) is 41.5 Å². The van der Waals surface area contributed by atoms with Crippen LogP contribution in [-0.2, 0) is 21.4 Å². The maximum Gasteiger partial charge on any atom is 0.266 e. The number of fused-ring (bicyclic) bond motifs is 1. The molecule has 1 saturated heterocycles. The summed E-state index contributed by atoms with van der Waals surface area (Å²) in [6.07, 6.45) is 1.71. The normalized spacial score (nSPS) is 15.8. The van der Waals surface area contributed by atoms with Gasteiger partial charge in [0.15, 0.2) is 0 Å². The molecule has 32 heavy (non-hydrogen) atoms. The van der Waals surface area contributed by atoms with Crippen molar-refractivity contribution < 1.29 is 22.3 Å². The summed E-state index contributed by atoms with van der Waals surface area (Å²) in [7, 11) is -2.06. The van der Waals surface area contributed by atoms with Crippen molar-refractivity contribution in [2.45, 2.75) is 31.3 Å². The van der Waals surface area contributed by atoms with Crippen molar-refractivity contribution >= 4 is 43.0 Å². The van der Waals surface area contributed by atoms with E-state index in [9.17, 15) is 17.6 Å². The largest absolute Gasteiger partial charge is 0.380 e. The number of benzene rings is 2. The number of carbonyl (C=O) groups excluding carboxylic acids is 1. The smallest absolute Gasteiger partial charge is 0.266 e. The topological polar surface area (TPSA) is 75.7 Å². The van der Waals surface area contributed by atoms with E-state index < -0.39 is 21.7 Å². The molecule has 1 amide bonds. The second kappa shape index (κ2) is 9.27. The van der Waals surface area contributed by atoms with Crippen molar-refractivity contribution in [3.05, 3.63) is 58.7 Å². The number of nitrogens with zero attached hydrogens (tertiary/aromatic N) is 1. The molecule has 0 spiro atoms. The van der Waals surface area contributed by atoms with E-state index in [0.717, 1.165) is 12.8 Å². The number of hydrogen-bond donors (Lipinski definition) is 1. The third-order valence-corrected chi connectivity index (χ3v) is 8.86. The number of anilines is 1. The first-order valence-electron chi connectivity index (χ1n) is 10.4. The number of carbonyl (C=O) groups is 1. The van der Waals surface area contributed by atoms with Gasteiger partial charge < -0.3 is 10.1 Å². The van der Waals surface area contributed by atoms with Gasteiger partial charge in [-0.1, -0.05) is 13.0 Å². The van der Waals surface area contributed by atoms with E-state index in [1.807, 2.05) is 0 Å². The monoisotopic (exact) mass is 476 g/mol. The van der Waals surface area contributed by atoms with Gasteiger partial charge in [-0.25, -0.2) is 12.8 Å². The van der Waals surface area contributed by atoms with Crippen LogP contribution in [-0.4, -0.2) is 38.8 Å². The molecule has 2 heterocycles. The van der Waals surface area contributed by atoms with Gasteiger partial charge in [-0.3, -0.25) is 4.79 Å². The lowest BCUT2D eigenvalue weighted by Gasteiger charge is -2.29. The van der Waals surface area contributed by atoms with Crippen LogP contribution in [0.1, 0.15) is 35.0 Å². The first kappa shape index (κ1) is 22.8. The van der Waals surface area contributed by atoms with Crippen molar-refractivity contribution in [3.8, 4) is 0 Å². The zero-order chi connectivity index (χ0) is 22.9. The molecule has 2 aromatic carbocycles. The van der Waals surface area contributed by atoms with E-state index in [1.165, 1.54) is 41.0 Å². The second-order valence-corrected chi connectivity index (χ2v) is 11.0. The minimum atomic E-state index is -3.55. The Hall–Kier alpha value is -2.33. The van der Waals surface area contributed by atoms with Crippen molar-refractivity contribution in [2.75, 3.05) is 25.5 Å². The van der Waals surface area contributed by atoms with Crippen LogP contribution in [0.3, 0.4) is 0 Å². The summed E-state index contributed by atoms with van der Waals surface area (Å²) >= 11 is 1.20. The standard InChI is InChI=1S/C23H25FN2O4S2/c1-15-10-12-26(13-11-15)32(28,29)17-8-6-16(7-9-17)25-23(27)22-18(14-30-2)21-19(24)4-3-5-20(21)31-22/h3-9,15H,10-14H2,1-2H3,(H,25,27). The molecule has 1 aliphatic rings. The van der Waals surface area contributed by atoms with Gasteiger partial charge in [-0.05, 0) is 55.2 Å². The summed E-state index contributed by atoms with van der Waals surface area (Å²) in [5, 5.41) is 3.18. The predicted molar refractivity (Wildman–Crippen MR) is 124 cm³/mol. The average Bonchev–Trinajstić information content (AvgIpc) is 3.15. The summed E-state index contributed by atoms with van der Waals surface area (Å²) in [6.45, 7) is 3.28. The molecular weight excluding hydrogens is 451 g/mol. The van der Waals surface area contributed by atoms with E-state index in [0.29, 0.717) is 45.2 Å². The average molecular weight is 477 g/mol. The molecule has 3 aromatic rings. The Bertz CT molecular complexity index is 1230. The van der Waals surface area contributed by atoms with E-state index in [-0.39, 0.29) is 11.5 Å². The van der Waals surface area contributed by atoms with Crippen molar-refractivity contribution in [1.29, 1.82) is 0 Å². The number of ether oxygens (including phenoxy) is 1. The number of nitrogens with one attached hydrogen (secondary N) is 1. The molecule has 1 N–H and O–H groups in total. The van der Waals surface area contributed by atoms with Crippen LogP contribution in [0, 0.1) is 11.7 Å². The van der Waals surface area contributed by atoms with Gasteiger partial charge in [0.25, 0.3) is 5.91 Å². The van der Waals surface area contributed by atoms with E-state index >= 15 is 0 Å². The Balaban J connectivity index is 1.55. The summed E-state index contributed by atoms with van der Waals surface area (Å²) in [6, 6.07) is 10.9. The van der Waals surface area contributed by atoms with Gasteiger partial charge in [-0.2, -0.15) is 4.31 Å². The molecule has 1 fully saturated rings. The van der Waals surface area contributed by atoms with E-state index in [4.69, 9.17) is 4.74 Å². The van der Waals surface area contributed by atoms with Crippen molar-refractivity contribution in [3.63, 3.8) is 0 Å². The summed E-state index contributed by atoms with van der Waals surface area (Å²) < 4.78 is 47.5. The SMILES string of the molecule is COCc1c(C(=O)Nc2ccc(S(=O)(=O)N3CCC(C)CC3)cc2)sc2cccc(F)c12. The fraction of sp³-hybridized carbons (Fsp3) is 0.348. The van der Waals surface area contributed by atoms with Crippen LogP contribution >= 0.6 is 11.3 Å². The number of piperidine rings is 1. The molecule has 9 heteroatoms. The van der Waals surface area contributed by atoms with E-state index in [2.05, 4.69) is 12.2 Å². The molecule has 4 rings (SSSR count). The Kier molecular flexibility index (Phi) is 6.62. The van der Waals surface area contributed by atoms with Crippen molar-refractivity contribution in [1.82, 2.24) is 4.31 Å². The molecule has 0 radical (unpaired) electrons. The lowest BCUT2D eigenvalue weighted by Crippen LogP contribution is -2.37. The Morgan fingerprint density at radius 2 is 1.88 bits per heavy atom. The second-order valence-electron chi connectivity index (χ2n) is 8.02. The van der Waals surface area contributed by atoms with Gasteiger partial charge in [-0.15, -0.1) is 11.3 Å². The number of hydrogen-bond acceptors (Lipinski definition) is 5. The highest BCUT2D eigenvalue weighted by molar-refractivity contribution is 7.89. The molecule has 0 unspecified atom stereocenters. The van der Waals surface area contributed by atoms with Crippen LogP contribution in [0.25, 0.3) is 10.1 Å². The van der Waals surface area contributed by atoms with Crippen molar-refractivity contribution in [2.24, 2.45) is 5.92 Å². The zero-order valence-corrected chi connectivity index (χ0v) is 19.6. The van der Waals surface area contributed by atoms with E-state index in [1.54, 1.807) is 24.3 Å². The molecule has 0 bridgehead atoms. The third-order valence-electron chi connectivity index (χ3n) is 5.75. The number of methoxy groups -OCH3 is 1. The summed E-state index contributed by atoms with van der Waals surface area (Å²) in [4.78, 5) is 13.5. The number of thiophene rings is 1. The first-order valence-corrected chi connectivity index (χ1v) is 12.7. The van der Waals surface area contributed by atoms with Crippen LogP contribution in [0.5, 0.6) is 0 Å². The van der Waals surface area contributed by atoms with Crippen LogP contribution < -0.4 is 5.32 Å². The van der Waals surface area contributed by atoms with Crippen LogP contribution in [0.2, 0.25) is 0 Å². The molecule has 0 atom stereocenters. The lowest BCUT2D eigenvalue weighted by molar-refractivity contribution is 0.102. The highest BCUT2D eigenvalue weighted by atomic mass is 32.2. The predicted octanol–water partition coefficient (Wildman–Crippen LogP) is 4.86. The fourth-order valence-corrected chi connectivity index (χ4v) is 6.49. The zero-order valence-electron chi connectivity index (χ0n) is 17.9. The van der Waals surface area contributed by atoms with Gasteiger partial charge >= 0.3 is 0 Å². The molecule has 0 saturated carbocycles. The minimum absolute atomic E-state index is 0.106. The highest BCUT2D eigenvalue weighted by Crippen LogP contribution is 2.34. The molecule has 1 aliphatic heterocycles. The quantitative estimate of drug-likeness (QED) is 0.551. The minimum Gasteiger partial charge on any atom is -0.380 e. The first-order chi connectivity index (χ1) is 15.3. The third kappa shape index (κ3) is 4.43. The summed E-state index contributed by atoms with van der Waals surface area (Å²) in [5.41, 5.74) is 0.962. The Labute approximate surface area is 191 Å². The maximum absolute atomic E-state index is 14.4. The van der Waals surface area contributed by atoms with Crippen LogP contribution in [0.15, 0.2) is 47.4 Å². The Morgan fingerprint density at radius 3 is 2.53 bits per heavy atom. The number of amides is 1. The lowest BCUT2D eigenvalue weighted by atomic mass is 10.0. The molecule has 1 aromatic heterocycles. The number of rotatable bonds is 6. The van der Waals surface area contributed by atoms with Gasteiger partial charge in [0.2, 0.25) is 10.0 Å². The molecular formula is C23H25FN2O4S2. The molecule has 6 nitrogen and oxygen atoms in total. The summed E-state index contributed by atoms with van der Waals surface area (Å²) in [5.74, 6) is -0.255. The van der Waals surface area contributed by atoms with Gasteiger partial charge in [0.05, 0.1) is 16.4 Å². The molecule has 0 aliphatic carbocycles. The number of halogens is 1.